The standard InChI is InChI=1S/C32H34NP/c1-24(2)29-21-14-22-30(25(3)4)32(29)33-31(26-15-8-5-9-16-26)23-34(27-17-10-6-11-18-27)28-19-12-7-13-20-28/h5-25,33H,1-4H3/b31-23+. The fourth-order valence-electron chi connectivity index (χ4n) is 4.23. The molecule has 0 fully saturated rings. The topological polar surface area (TPSA) is 12.0 Å². The van der Waals surface area contributed by atoms with Gasteiger partial charge in [-0.3, -0.25) is 0 Å². The molecule has 0 saturated heterocycles. The molecule has 0 atom stereocenters. The number of para-hydroxylation sites is 1. The Morgan fingerprint density at radius 2 is 1.03 bits per heavy atom. The van der Waals surface area contributed by atoms with Crippen LogP contribution >= 0.6 is 7.92 Å². The lowest BCUT2D eigenvalue weighted by atomic mass is 9.92. The van der Waals surface area contributed by atoms with Gasteiger partial charge in [-0.05, 0) is 52.9 Å². The van der Waals surface area contributed by atoms with Crippen LogP contribution in [-0.4, -0.2) is 0 Å². The molecule has 0 bridgehead atoms. The second kappa shape index (κ2) is 11.3. The van der Waals surface area contributed by atoms with E-state index in [9.17, 15) is 0 Å². The van der Waals surface area contributed by atoms with Gasteiger partial charge in [0.05, 0.1) is 0 Å². The van der Waals surface area contributed by atoms with Crippen LogP contribution in [0.2, 0.25) is 0 Å². The van der Waals surface area contributed by atoms with E-state index in [0.717, 1.165) is 5.70 Å². The first-order valence-electron chi connectivity index (χ1n) is 12.1. The molecule has 4 aromatic carbocycles. The molecule has 0 aliphatic rings. The second-order valence-corrected chi connectivity index (χ2v) is 11.2. The minimum absolute atomic E-state index is 0.433. The molecule has 34 heavy (non-hydrogen) atoms. The van der Waals surface area contributed by atoms with Crippen LogP contribution < -0.4 is 15.9 Å². The normalized spacial score (nSPS) is 11.9. The van der Waals surface area contributed by atoms with Gasteiger partial charge in [-0.2, -0.15) is 0 Å². The van der Waals surface area contributed by atoms with E-state index in [4.69, 9.17) is 0 Å². The Labute approximate surface area is 206 Å². The van der Waals surface area contributed by atoms with Gasteiger partial charge in [0.2, 0.25) is 0 Å². The smallest absolute Gasteiger partial charge is 0.0469 e. The fraction of sp³-hybridized carbons (Fsp3) is 0.188. The van der Waals surface area contributed by atoms with Gasteiger partial charge < -0.3 is 5.32 Å². The highest BCUT2D eigenvalue weighted by Gasteiger charge is 2.18. The van der Waals surface area contributed by atoms with Gasteiger partial charge in [0.1, 0.15) is 0 Å². The highest BCUT2D eigenvalue weighted by Crippen LogP contribution is 2.41. The Hall–Kier alpha value is -3.15. The van der Waals surface area contributed by atoms with E-state index in [1.54, 1.807) is 0 Å². The first kappa shape index (κ1) is 24.0. The highest BCUT2D eigenvalue weighted by atomic mass is 31.1. The predicted molar refractivity (Wildman–Crippen MR) is 152 cm³/mol. The third-order valence-electron chi connectivity index (χ3n) is 6.04. The monoisotopic (exact) mass is 463 g/mol. The van der Waals surface area contributed by atoms with Gasteiger partial charge in [0.25, 0.3) is 0 Å². The quantitative estimate of drug-likeness (QED) is 0.258. The summed E-state index contributed by atoms with van der Waals surface area (Å²) in [7, 11) is -0.685. The summed E-state index contributed by atoms with van der Waals surface area (Å²) in [6, 6.07) is 39.2. The first-order chi connectivity index (χ1) is 16.5. The zero-order valence-electron chi connectivity index (χ0n) is 20.6. The minimum atomic E-state index is -0.685. The maximum Gasteiger partial charge on any atom is 0.0469 e. The molecule has 2 heteroatoms. The summed E-state index contributed by atoms with van der Waals surface area (Å²) in [5.41, 5.74) is 6.33. The molecule has 0 aliphatic heterocycles. The number of benzene rings is 4. The van der Waals surface area contributed by atoms with Crippen molar-refractivity contribution < 1.29 is 0 Å². The van der Waals surface area contributed by atoms with Crippen molar-refractivity contribution in [3.05, 3.63) is 132 Å². The average molecular weight is 464 g/mol. The molecule has 0 amide bonds. The molecule has 4 rings (SSSR count). The first-order valence-corrected chi connectivity index (χ1v) is 13.5. The number of hydrogen-bond acceptors (Lipinski definition) is 1. The third kappa shape index (κ3) is 5.66. The zero-order valence-corrected chi connectivity index (χ0v) is 21.5. The molecule has 4 aromatic rings. The van der Waals surface area contributed by atoms with Gasteiger partial charge in [-0.25, -0.2) is 0 Å². The second-order valence-electron chi connectivity index (χ2n) is 9.20. The van der Waals surface area contributed by atoms with Gasteiger partial charge >= 0.3 is 0 Å². The van der Waals surface area contributed by atoms with Crippen LogP contribution in [0, 0.1) is 0 Å². The lowest BCUT2D eigenvalue weighted by Crippen LogP contribution is -2.12. The molecule has 0 radical (unpaired) electrons. The lowest BCUT2D eigenvalue weighted by molar-refractivity contribution is 0.838. The lowest BCUT2D eigenvalue weighted by Gasteiger charge is -2.24. The number of anilines is 1. The molecule has 1 N–H and O–H groups in total. The minimum Gasteiger partial charge on any atom is -0.355 e. The summed E-state index contributed by atoms with van der Waals surface area (Å²) in [4.78, 5) is 0. The van der Waals surface area contributed by atoms with Crippen molar-refractivity contribution in [3.8, 4) is 0 Å². The summed E-state index contributed by atoms with van der Waals surface area (Å²) < 4.78 is 0. The molecular weight excluding hydrogens is 429 g/mol. The van der Waals surface area contributed by atoms with E-state index in [2.05, 4.69) is 148 Å². The van der Waals surface area contributed by atoms with Crippen molar-refractivity contribution in [1.82, 2.24) is 0 Å². The van der Waals surface area contributed by atoms with Gasteiger partial charge in [0.15, 0.2) is 0 Å². The van der Waals surface area contributed by atoms with Crippen LogP contribution in [0.1, 0.15) is 56.2 Å². The predicted octanol–water partition coefficient (Wildman–Crippen LogP) is 8.48. The Kier molecular flexibility index (Phi) is 7.99. The van der Waals surface area contributed by atoms with Crippen LogP contribution in [0.25, 0.3) is 5.70 Å². The molecule has 0 saturated carbocycles. The molecule has 0 unspecified atom stereocenters. The van der Waals surface area contributed by atoms with Crippen LogP contribution in [0.4, 0.5) is 5.69 Å². The van der Waals surface area contributed by atoms with Crippen molar-refractivity contribution >= 4 is 29.9 Å². The van der Waals surface area contributed by atoms with E-state index >= 15 is 0 Å². The average Bonchev–Trinajstić information content (AvgIpc) is 2.87. The largest absolute Gasteiger partial charge is 0.355 e. The molecule has 172 valence electrons. The molecule has 0 heterocycles. The maximum atomic E-state index is 3.94. The summed E-state index contributed by atoms with van der Waals surface area (Å²) in [6.45, 7) is 9.10. The molecule has 0 aromatic heterocycles. The van der Waals surface area contributed by atoms with Gasteiger partial charge in [0, 0.05) is 11.4 Å². The van der Waals surface area contributed by atoms with Crippen molar-refractivity contribution in [2.45, 2.75) is 39.5 Å². The van der Waals surface area contributed by atoms with Crippen LogP contribution in [-0.2, 0) is 0 Å². The third-order valence-corrected chi connectivity index (χ3v) is 8.27. The van der Waals surface area contributed by atoms with E-state index < -0.39 is 7.92 Å². The summed E-state index contributed by atoms with van der Waals surface area (Å²) in [5.74, 6) is 3.32. The Bertz CT molecular complexity index is 1150. The van der Waals surface area contributed by atoms with Crippen LogP contribution in [0.3, 0.4) is 0 Å². The fourth-order valence-corrected chi connectivity index (χ4v) is 6.29. The van der Waals surface area contributed by atoms with Crippen molar-refractivity contribution in [3.63, 3.8) is 0 Å². The van der Waals surface area contributed by atoms with Crippen molar-refractivity contribution in [2.75, 3.05) is 5.32 Å². The number of hydrogen-bond donors (Lipinski definition) is 1. The van der Waals surface area contributed by atoms with Crippen molar-refractivity contribution in [2.24, 2.45) is 0 Å². The summed E-state index contributed by atoms with van der Waals surface area (Å²) in [6.07, 6.45) is 0. The number of rotatable bonds is 8. The molecule has 0 spiro atoms. The molecule has 0 aliphatic carbocycles. The van der Waals surface area contributed by atoms with Crippen molar-refractivity contribution in [1.29, 1.82) is 0 Å². The zero-order chi connectivity index (χ0) is 23.9. The maximum absolute atomic E-state index is 3.94. The van der Waals surface area contributed by atoms with E-state index in [-0.39, 0.29) is 0 Å². The summed E-state index contributed by atoms with van der Waals surface area (Å²) in [5, 5.41) is 6.64. The van der Waals surface area contributed by atoms with E-state index in [1.807, 2.05) is 0 Å². The Balaban J connectivity index is 1.90. The van der Waals surface area contributed by atoms with E-state index in [1.165, 1.54) is 33.0 Å². The van der Waals surface area contributed by atoms with Crippen LogP contribution in [0.5, 0.6) is 0 Å². The van der Waals surface area contributed by atoms with Gasteiger partial charge in [-0.1, -0.05) is 137 Å². The summed E-state index contributed by atoms with van der Waals surface area (Å²) >= 11 is 0. The Morgan fingerprint density at radius 3 is 1.47 bits per heavy atom. The Morgan fingerprint density at radius 1 is 0.588 bits per heavy atom. The van der Waals surface area contributed by atoms with Gasteiger partial charge in [-0.15, -0.1) is 0 Å². The van der Waals surface area contributed by atoms with E-state index in [0.29, 0.717) is 11.8 Å². The van der Waals surface area contributed by atoms with Crippen LogP contribution in [0.15, 0.2) is 115 Å². The SMILES string of the molecule is CC(C)c1cccc(C(C)C)c1N/C(=C/P(c1ccccc1)c1ccccc1)c1ccccc1. The molecular formula is C32H34NP. The molecule has 1 nitrogen and oxygen atoms in total. The highest BCUT2D eigenvalue weighted by molar-refractivity contribution is 7.76. The number of nitrogens with one attached hydrogen (secondary N) is 1.